The fraction of sp³-hybridized carbons (Fsp3) is 0.306. The Morgan fingerprint density at radius 2 is 1.79 bits per heavy atom. The van der Waals surface area contributed by atoms with Crippen LogP contribution >= 0.6 is 22.9 Å². The molecule has 1 aliphatic heterocycles. The lowest BCUT2D eigenvalue weighted by atomic mass is 10.1. The number of fused-ring (bicyclic) bond motifs is 1. The van der Waals surface area contributed by atoms with Gasteiger partial charge in [-0.15, -0.1) is 0 Å². The van der Waals surface area contributed by atoms with Crippen molar-refractivity contribution in [2.24, 2.45) is 0 Å². The predicted molar refractivity (Wildman–Crippen MR) is 191 cm³/mol. The molecule has 1 aliphatic rings. The Morgan fingerprint density at radius 1 is 0.979 bits per heavy atom. The van der Waals surface area contributed by atoms with E-state index in [1.807, 2.05) is 24.3 Å². The van der Waals surface area contributed by atoms with Gasteiger partial charge in [-0.25, -0.2) is 9.78 Å². The molecule has 2 aromatic heterocycles. The average Bonchev–Trinajstić information content (AvgIpc) is 3.69. The molecule has 3 N–H and O–H groups in total. The van der Waals surface area contributed by atoms with Gasteiger partial charge in [-0.1, -0.05) is 67.3 Å². The van der Waals surface area contributed by atoms with Gasteiger partial charge in [0.25, 0.3) is 5.91 Å². The first-order valence-electron chi connectivity index (χ1n) is 16.2. The van der Waals surface area contributed by atoms with Gasteiger partial charge in [0.05, 0.1) is 16.7 Å². The van der Waals surface area contributed by atoms with Gasteiger partial charge in [-0.05, 0) is 86.4 Å². The number of nitrogens with one attached hydrogen (secondary N) is 3. The summed E-state index contributed by atoms with van der Waals surface area (Å²) in [5, 5.41) is 10.9. The minimum Gasteiger partial charge on any atom is -0.443 e. The number of unbranched alkanes of at least 4 members (excludes halogenated alkanes) is 2. The van der Waals surface area contributed by atoms with Gasteiger partial charge >= 0.3 is 6.03 Å². The molecule has 0 bridgehead atoms. The van der Waals surface area contributed by atoms with Crippen molar-refractivity contribution in [3.63, 3.8) is 0 Å². The number of likely N-dealkylation sites (tertiary alicyclic amines) is 1. The molecule has 3 aromatic carbocycles. The van der Waals surface area contributed by atoms with E-state index < -0.39 is 0 Å². The minimum absolute atomic E-state index is 0.262. The molecular formula is C36H39ClN6O3S. The van der Waals surface area contributed by atoms with E-state index in [9.17, 15) is 9.59 Å². The number of hydrogen-bond acceptors (Lipinski definition) is 6. The highest BCUT2D eigenvalue weighted by molar-refractivity contribution is 7.17. The number of amides is 3. The van der Waals surface area contributed by atoms with Crippen LogP contribution in [0.15, 0.2) is 79.1 Å². The van der Waals surface area contributed by atoms with E-state index in [0.29, 0.717) is 38.8 Å². The molecule has 244 valence electrons. The SMILES string of the molecule is CCCCCNC(=O)Nc1ccc(Oc2cnc(NC(=O)c3ccc(-n4cc(CN5CCCCC5)c5ccccc54)cc3)s2)c(Cl)c1. The highest BCUT2D eigenvalue weighted by Gasteiger charge is 2.17. The molecule has 1 saturated heterocycles. The maximum Gasteiger partial charge on any atom is 0.319 e. The fourth-order valence-corrected chi connectivity index (χ4v) is 6.67. The Balaban J connectivity index is 1.06. The highest BCUT2D eigenvalue weighted by atomic mass is 35.5. The maximum atomic E-state index is 13.1. The number of aromatic nitrogens is 2. The van der Waals surface area contributed by atoms with Crippen molar-refractivity contribution in [2.45, 2.75) is 52.0 Å². The molecule has 0 aliphatic carbocycles. The summed E-state index contributed by atoms with van der Waals surface area (Å²) >= 11 is 7.62. The van der Waals surface area contributed by atoms with Gasteiger partial charge in [0.1, 0.15) is 5.75 Å². The normalized spacial score (nSPS) is 13.4. The lowest BCUT2D eigenvalue weighted by Gasteiger charge is -2.26. The summed E-state index contributed by atoms with van der Waals surface area (Å²) in [6.45, 7) is 5.98. The van der Waals surface area contributed by atoms with E-state index in [-0.39, 0.29) is 11.9 Å². The first-order chi connectivity index (χ1) is 23.0. The van der Waals surface area contributed by atoms with Crippen molar-refractivity contribution in [1.29, 1.82) is 0 Å². The number of hydrogen-bond donors (Lipinski definition) is 3. The molecule has 5 aromatic rings. The Labute approximate surface area is 283 Å². The second-order valence-electron chi connectivity index (χ2n) is 11.7. The van der Waals surface area contributed by atoms with E-state index in [1.165, 1.54) is 47.7 Å². The van der Waals surface area contributed by atoms with E-state index in [1.54, 1.807) is 18.2 Å². The van der Waals surface area contributed by atoms with Gasteiger partial charge in [0.15, 0.2) is 5.13 Å². The third-order valence-electron chi connectivity index (χ3n) is 8.22. The zero-order valence-corrected chi connectivity index (χ0v) is 28.0. The van der Waals surface area contributed by atoms with Crippen molar-refractivity contribution in [3.8, 4) is 16.5 Å². The Morgan fingerprint density at radius 3 is 2.57 bits per heavy atom. The highest BCUT2D eigenvalue weighted by Crippen LogP contribution is 2.36. The monoisotopic (exact) mass is 670 g/mol. The quantitative estimate of drug-likeness (QED) is 0.115. The van der Waals surface area contributed by atoms with Crippen molar-refractivity contribution >= 4 is 56.6 Å². The average molecular weight is 671 g/mol. The van der Waals surface area contributed by atoms with Gasteiger partial charge in [0.2, 0.25) is 5.06 Å². The molecule has 9 nitrogen and oxygen atoms in total. The smallest absolute Gasteiger partial charge is 0.319 e. The van der Waals surface area contributed by atoms with Crippen LogP contribution in [0.1, 0.15) is 61.4 Å². The molecule has 3 heterocycles. The number of carbonyl (C=O) groups excluding carboxylic acids is 2. The predicted octanol–water partition coefficient (Wildman–Crippen LogP) is 9.08. The van der Waals surface area contributed by atoms with Crippen molar-refractivity contribution < 1.29 is 14.3 Å². The molecule has 47 heavy (non-hydrogen) atoms. The van der Waals surface area contributed by atoms with Crippen molar-refractivity contribution in [2.75, 3.05) is 30.3 Å². The third-order valence-corrected chi connectivity index (χ3v) is 9.30. The van der Waals surface area contributed by atoms with Gasteiger partial charge in [-0.3, -0.25) is 15.0 Å². The lowest BCUT2D eigenvalue weighted by molar-refractivity contribution is 0.102. The number of ether oxygens (including phenoxy) is 1. The molecule has 6 rings (SSSR count). The van der Waals surface area contributed by atoms with Crippen LogP contribution in [-0.2, 0) is 6.54 Å². The Kier molecular flexibility index (Phi) is 10.7. The zero-order valence-electron chi connectivity index (χ0n) is 26.4. The largest absolute Gasteiger partial charge is 0.443 e. The molecule has 0 unspecified atom stereocenters. The van der Waals surface area contributed by atoms with Gasteiger partial charge in [0, 0.05) is 41.6 Å². The summed E-state index contributed by atoms with van der Waals surface area (Å²) in [6.07, 6.45) is 10.7. The third kappa shape index (κ3) is 8.32. The van der Waals surface area contributed by atoms with Crippen LogP contribution in [0.2, 0.25) is 5.02 Å². The summed E-state index contributed by atoms with van der Waals surface area (Å²) in [6, 6.07) is 20.8. The number of halogens is 1. The number of nitrogens with zero attached hydrogens (tertiary/aromatic N) is 3. The number of carbonyl (C=O) groups is 2. The van der Waals surface area contributed by atoms with E-state index in [4.69, 9.17) is 16.3 Å². The van der Waals surface area contributed by atoms with Crippen molar-refractivity contribution in [1.82, 2.24) is 19.8 Å². The summed E-state index contributed by atoms with van der Waals surface area (Å²) in [5.41, 5.74) is 4.55. The number of anilines is 2. The summed E-state index contributed by atoms with van der Waals surface area (Å²) in [4.78, 5) is 32.0. The molecule has 0 spiro atoms. The van der Waals surface area contributed by atoms with Crippen LogP contribution in [-0.4, -0.2) is 46.0 Å². The van der Waals surface area contributed by atoms with E-state index in [2.05, 4.69) is 67.8 Å². The standard InChI is InChI=1S/C36H39ClN6O3S/c1-2-3-7-18-38-35(45)40-27-14-17-32(30(37)21-27)46-33-22-39-36(47-33)41-34(44)25-12-15-28(16-13-25)43-24-26(23-42-19-8-4-9-20-42)29-10-5-6-11-31(29)43/h5-6,10-17,21-22,24H,2-4,7-9,18-20,23H2,1H3,(H2,38,40,45)(H,39,41,44). The summed E-state index contributed by atoms with van der Waals surface area (Å²) in [7, 11) is 0. The molecule has 1 fully saturated rings. The summed E-state index contributed by atoms with van der Waals surface area (Å²) in [5.74, 6) is 0.149. The van der Waals surface area contributed by atoms with Crippen LogP contribution < -0.4 is 20.7 Å². The van der Waals surface area contributed by atoms with Crippen LogP contribution in [0, 0.1) is 0 Å². The number of rotatable bonds is 12. The van der Waals surface area contributed by atoms with E-state index >= 15 is 0 Å². The number of benzene rings is 3. The maximum absolute atomic E-state index is 13.1. The number of para-hydroxylation sites is 1. The number of piperidine rings is 1. The molecule has 0 radical (unpaired) electrons. The van der Waals surface area contributed by atoms with E-state index in [0.717, 1.165) is 50.1 Å². The Bertz CT molecular complexity index is 1830. The van der Waals surface area contributed by atoms with Crippen LogP contribution in [0.5, 0.6) is 10.8 Å². The van der Waals surface area contributed by atoms with Crippen LogP contribution in [0.4, 0.5) is 15.6 Å². The first kappa shape index (κ1) is 32.6. The Hall–Kier alpha value is -4.38. The molecule has 11 heteroatoms. The van der Waals surface area contributed by atoms with Crippen molar-refractivity contribution in [3.05, 3.63) is 95.3 Å². The van der Waals surface area contributed by atoms with Crippen LogP contribution in [0.3, 0.4) is 0 Å². The lowest BCUT2D eigenvalue weighted by Crippen LogP contribution is -2.29. The second-order valence-corrected chi connectivity index (χ2v) is 13.1. The molecule has 3 amide bonds. The zero-order chi connectivity index (χ0) is 32.6. The van der Waals surface area contributed by atoms with Crippen LogP contribution in [0.25, 0.3) is 16.6 Å². The molecule has 0 saturated carbocycles. The van der Waals surface area contributed by atoms with Gasteiger partial charge in [-0.2, -0.15) is 0 Å². The summed E-state index contributed by atoms with van der Waals surface area (Å²) < 4.78 is 8.12. The second kappa shape index (κ2) is 15.5. The molecular weight excluding hydrogens is 632 g/mol. The van der Waals surface area contributed by atoms with Gasteiger partial charge < -0.3 is 19.9 Å². The first-order valence-corrected chi connectivity index (χ1v) is 17.4. The number of urea groups is 1. The molecule has 0 atom stereocenters. The fourth-order valence-electron chi connectivity index (χ4n) is 5.78. The number of thiazole rings is 1. The minimum atomic E-state index is -0.279. The topological polar surface area (TPSA) is 101 Å².